The highest BCUT2D eigenvalue weighted by Gasteiger charge is 2.38. The van der Waals surface area contributed by atoms with E-state index in [1.807, 2.05) is 47.4 Å². The van der Waals surface area contributed by atoms with E-state index in [1.165, 1.54) is 5.56 Å². The lowest BCUT2D eigenvalue weighted by Crippen LogP contribution is -2.46. The smallest absolute Gasteiger partial charge is 0.259 e. The molecule has 0 saturated carbocycles. The van der Waals surface area contributed by atoms with Gasteiger partial charge in [0.2, 0.25) is 0 Å². The molecule has 0 radical (unpaired) electrons. The van der Waals surface area contributed by atoms with Crippen LogP contribution in [0, 0.1) is 0 Å². The van der Waals surface area contributed by atoms with E-state index >= 15 is 0 Å². The summed E-state index contributed by atoms with van der Waals surface area (Å²) < 4.78 is 5.51. The molecule has 0 bridgehead atoms. The van der Waals surface area contributed by atoms with E-state index in [1.54, 1.807) is 7.11 Å². The molecule has 162 valence electrons. The Morgan fingerprint density at radius 2 is 1.59 bits per heavy atom. The lowest BCUT2D eigenvalue weighted by atomic mass is 10.0. The van der Waals surface area contributed by atoms with Crippen LogP contribution >= 0.6 is 0 Å². The van der Waals surface area contributed by atoms with Crippen LogP contribution in [0.2, 0.25) is 0 Å². The van der Waals surface area contributed by atoms with Crippen LogP contribution in [0.15, 0.2) is 78.9 Å². The zero-order valence-corrected chi connectivity index (χ0v) is 18.4. The van der Waals surface area contributed by atoms with Gasteiger partial charge in [0, 0.05) is 42.4 Å². The van der Waals surface area contributed by atoms with Crippen molar-refractivity contribution in [2.75, 3.05) is 25.1 Å². The van der Waals surface area contributed by atoms with Crippen LogP contribution in [0.25, 0.3) is 11.6 Å². The van der Waals surface area contributed by atoms with Gasteiger partial charge in [-0.25, -0.2) is 0 Å². The van der Waals surface area contributed by atoms with Gasteiger partial charge in [-0.15, -0.1) is 0 Å². The molecule has 2 aliphatic heterocycles. The Morgan fingerprint density at radius 3 is 2.38 bits per heavy atom. The molecule has 0 atom stereocenters. The summed E-state index contributed by atoms with van der Waals surface area (Å²) in [5.74, 6) is 0.872. The quantitative estimate of drug-likeness (QED) is 0.525. The van der Waals surface area contributed by atoms with Crippen LogP contribution < -0.4 is 9.64 Å². The highest BCUT2D eigenvalue weighted by atomic mass is 16.5. The van der Waals surface area contributed by atoms with E-state index in [0.717, 1.165) is 60.6 Å². The minimum absolute atomic E-state index is 0.0959. The molecule has 0 spiro atoms. The average molecular weight is 425 g/mol. The van der Waals surface area contributed by atoms with Gasteiger partial charge in [-0.05, 0) is 36.6 Å². The van der Waals surface area contributed by atoms with Crippen LogP contribution in [-0.4, -0.2) is 37.0 Å². The number of fused-ring (bicyclic) bond motifs is 1. The number of carbonyl (C=O) groups excluding carboxylic acids is 1. The standard InChI is InChI=1S/C28H28N2O2/c1-32-27-14-8-5-11-22(27)19-25-24-12-6-7-13-26(24)30(28(25)31)23-15-17-29(18-16-23)20-21-9-3-2-4-10-21/h2-14,19,23H,15-18,20H2,1H3. The van der Waals surface area contributed by atoms with Crippen molar-refractivity contribution in [3.8, 4) is 5.75 Å². The van der Waals surface area contributed by atoms with Crippen molar-refractivity contribution in [3.05, 3.63) is 95.6 Å². The number of benzene rings is 3. The van der Waals surface area contributed by atoms with Gasteiger partial charge in [0.1, 0.15) is 5.75 Å². The molecule has 0 aliphatic carbocycles. The van der Waals surface area contributed by atoms with Gasteiger partial charge in [-0.3, -0.25) is 9.69 Å². The maximum Gasteiger partial charge on any atom is 0.259 e. The molecule has 32 heavy (non-hydrogen) atoms. The van der Waals surface area contributed by atoms with Gasteiger partial charge in [0.25, 0.3) is 5.91 Å². The Balaban J connectivity index is 1.38. The predicted molar refractivity (Wildman–Crippen MR) is 130 cm³/mol. The maximum absolute atomic E-state index is 13.6. The highest BCUT2D eigenvalue weighted by Crippen LogP contribution is 2.41. The first-order valence-corrected chi connectivity index (χ1v) is 11.3. The molecular formula is C28H28N2O2. The lowest BCUT2D eigenvalue weighted by molar-refractivity contribution is -0.113. The van der Waals surface area contributed by atoms with Gasteiger partial charge >= 0.3 is 0 Å². The van der Waals surface area contributed by atoms with Gasteiger partial charge in [0.15, 0.2) is 0 Å². The van der Waals surface area contributed by atoms with E-state index in [2.05, 4.69) is 47.4 Å². The second-order valence-corrected chi connectivity index (χ2v) is 8.49. The fourth-order valence-corrected chi connectivity index (χ4v) is 4.89. The largest absolute Gasteiger partial charge is 0.496 e. The predicted octanol–water partition coefficient (Wildman–Crippen LogP) is 5.25. The van der Waals surface area contributed by atoms with Crippen molar-refractivity contribution in [2.24, 2.45) is 0 Å². The van der Waals surface area contributed by atoms with E-state index in [0.29, 0.717) is 0 Å². The molecule has 2 aliphatic rings. The molecule has 0 unspecified atom stereocenters. The molecule has 3 aromatic carbocycles. The van der Waals surface area contributed by atoms with E-state index < -0.39 is 0 Å². The monoisotopic (exact) mass is 424 g/mol. The van der Waals surface area contributed by atoms with Crippen LogP contribution in [-0.2, 0) is 11.3 Å². The summed E-state index contributed by atoms with van der Waals surface area (Å²) in [5.41, 5.74) is 5.05. The summed E-state index contributed by atoms with van der Waals surface area (Å²) in [6.07, 6.45) is 3.94. The van der Waals surface area contributed by atoms with E-state index in [9.17, 15) is 4.79 Å². The molecule has 4 heteroatoms. The number of anilines is 1. The summed E-state index contributed by atoms with van der Waals surface area (Å²) >= 11 is 0. The summed E-state index contributed by atoms with van der Waals surface area (Å²) in [5, 5.41) is 0. The van der Waals surface area contributed by atoms with Gasteiger partial charge in [-0.1, -0.05) is 66.7 Å². The number of methoxy groups -OCH3 is 1. The fraction of sp³-hybridized carbons (Fsp3) is 0.250. The lowest BCUT2D eigenvalue weighted by Gasteiger charge is -2.37. The first-order chi connectivity index (χ1) is 15.7. The van der Waals surface area contributed by atoms with E-state index in [4.69, 9.17) is 4.74 Å². The van der Waals surface area contributed by atoms with Gasteiger partial charge in [0.05, 0.1) is 12.8 Å². The summed E-state index contributed by atoms with van der Waals surface area (Å²) in [7, 11) is 1.66. The second-order valence-electron chi connectivity index (χ2n) is 8.49. The number of likely N-dealkylation sites (tertiary alicyclic amines) is 1. The SMILES string of the molecule is COc1ccccc1C=C1C(=O)N(C2CCN(Cc3ccccc3)CC2)c2ccccc21. The van der Waals surface area contributed by atoms with E-state index in [-0.39, 0.29) is 11.9 Å². The molecule has 1 fully saturated rings. The summed E-state index contributed by atoms with van der Waals surface area (Å²) in [6, 6.07) is 26.8. The van der Waals surface area contributed by atoms with Crippen molar-refractivity contribution in [1.82, 2.24) is 4.90 Å². The number of hydrogen-bond acceptors (Lipinski definition) is 3. The van der Waals surface area contributed by atoms with Crippen LogP contribution in [0.1, 0.15) is 29.5 Å². The summed E-state index contributed by atoms with van der Waals surface area (Å²) in [4.78, 5) is 18.2. The normalized spacial score (nSPS) is 18.2. The Morgan fingerprint density at radius 1 is 0.906 bits per heavy atom. The molecule has 4 nitrogen and oxygen atoms in total. The summed E-state index contributed by atoms with van der Waals surface area (Å²) in [6.45, 7) is 2.96. The number of para-hydroxylation sites is 2. The fourth-order valence-electron chi connectivity index (χ4n) is 4.89. The van der Waals surface area contributed by atoms with Gasteiger partial charge in [-0.2, -0.15) is 0 Å². The second kappa shape index (κ2) is 9.01. The molecule has 0 N–H and O–H groups in total. The Bertz CT molecular complexity index is 1130. The molecule has 3 aromatic rings. The third-order valence-electron chi connectivity index (χ3n) is 6.51. The zero-order valence-electron chi connectivity index (χ0n) is 18.4. The number of carbonyl (C=O) groups is 1. The molecule has 1 amide bonds. The molecular weight excluding hydrogens is 396 g/mol. The average Bonchev–Trinajstić information content (AvgIpc) is 3.12. The zero-order chi connectivity index (χ0) is 21.9. The van der Waals surface area contributed by atoms with Crippen molar-refractivity contribution in [2.45, 2.75) is 25.4 Å². The number of amides is 1. The highest BCUT2D eigenvalue weighted by molar-refractivity contribution is 6.36. The van der Waals surface area contributed by atoms with Crippen molar-refractivity contribution < 1.29 is 9.53 Å². The van der Waals surface area contributed by atoms with Crippen LogP contribution in [0.4, 0.5) is 5.69 Å². The molecule has 2 heterocycles. The minimum Gasteiger partial charge on any atom is -0.496 e. The number of rotatable bonds is 5. The number of ether oxygens (including phenoxy) is 1. The Kier molecular flexibility index (Phi) is 5.78. The Hall–Kier alpha value is -3.37. The van der Waals surface area contributed by atoms with Gasteiger partial charge < -0.3 is 9.64 Å². The van der Waals surface area contributed by atoms with Crippen molar-refractivity contribution in [3.63, 3.8) is 0 Å². The maximum atomic E-state index is 13.6. The Labute approximate surface area is 189 Å². The number of nitrogens with zero attached hydrogens (tertiary/aromatic N) is 2. The number of hydrogen-bond donors (Lipinski definition) is 0. The van der Waals surface area contributed by atoms with Crippen LogP contribution in [0.3, 0.4) is 0 Å². The topological polar surface area (TPSA) is 32.8 Å². The first-order valence-electron chi connectivity index (χ1n) is 11.3. The van der Waals surface area contributed by atoms with Crippen molar-refractivity contribution >= 4 is 23.2 Å². The molecule has 0 aromatic heterocycles. The van der Waals surface area contributed by atoms with Crippen molar-refractivity contribution in [1.29, 1.82) is 0 Å². The van der Waals surface area contributed by atoms with Crippen LogP contribution in [0.5, 0.6) is 5.75 Å². The third kappa shape index (κ3) is 3.94. The number of piperidine rings is 1. The third-order valence-corrected chi connectivity index (χ3v) is 6.51. The molecule has 5 rings (SSSR count). The first kappa shape index (κ1) is 20.5. The molecule has 1 saturated heterocycles. The minimum atomic E-state index is 0.0959.